The average molecular weight is 353 g/mol. The van der Waals surface area contributed by atoms with Crippen LogP contribution in [0, 0.1) is 6.92 Å². The van der Waals surface area contributed by atoms with Crippen molar-refractivity contribution >= 4 is 10.0 Å². The van der Waals surface area contributed by atoms with Gasteiger partial charge < -0.3 is 9.67 Å². The molecule has 0 aromatic carbocycles. The molecule has 2 atom stereocenters. The highest BCUT2D eigenvalue weighted by molar-refractivity contribution is 7.89. The van der Waals surface area contributed by atoms with Gasteiger partial charge in [-0.15, -0.1) is 0 Å². The predicted octanol–water partition coefficient (Wildman–Crippen LogP) is 0.795. The van der Waals surface area contributed by atoms with Crippen LogP contribution in [-0.4, -0.2) is 56.4 Å². The summed E-state index contributed by atoms with van der Waals surface area (Å²) in [5, 5.41) is 14.5. The van der Waals surface area contributed by atoms with Gasteiger partial charge in [0.25, 0.3) is 0 Å². The van der Waals surface area contributed by atoms with Gasteiger partial charge in [0, 0.05) is 32.0 Å². The molecule has 0 amide bonds. The summed E-state index contributed by atoms with van der Waals surface area (Å²) >= 11 is 0. The highest BCUT2D eigenvalue weighted by Gasteiger charge is 2.33. The number of sulfonamides is 1. The summed E-state index contributed by atoms with van der Waals surface area (Å²) in [6.07, 6.45) is 6.87. The zero-order valence-electron chi connectivity index (χ0n) is 13.9. The van der Waals surface area contributed by atoms with Crippen molar-refractivity contribution in [1.29, 1.82) is 0 Å². The van der Waals surface area contributed by atoms with Gasteiger partial charge in [-0.25, -0.2) is 13.4 Å². The Morgan fingerprint density at radius 1 is 1.33 bits per heavy atom. The van der Waals surface area contributed by atoms with Crippen molar-refractivity contribution in [3.05, 3.63) is 30.6 Å². The van der Waals surface area contributed by atoms with Crippen LogP contribution >= 0.6 is 0 Å². The molecule has 0 spiro atoms. The average Bonchev–Trinajstić information content (AvgIpc) is 3.15. The Kier molecular flexibility index (Phi) is 4.75. The van der Waals surface area contributed by atoms with E-state index in [2.05, 4.69) is 10.1 Å². The molecule has 0 radical (unpaired) electrons. The van der Waals surface area contributed by atoms with Crippen molar-refractivity contribution in [2.45, 2.75) is 50.3 Å². The number of imidazole rings is 1. The third kappa shape index (κ3) is 2.99. The third-order valence-corrected chi connectivity index (χ3v) is 6.68. The molecule has 3 rings (SSSR count). The molecule has 132 valence electrons. The van der Waals surface area contributed by atoms with Crippen LogP contribution in [0.3, 0.4) is 0 Å². The minimum absolute atomic E-state index is 0.160. The highest BCUT2D eigenvalue weighted by atomic mass is 32.2. The van der Waals surface area contributed by atoms with Gasteiger partial charge in [-0.2, -0.15) is 9.40 Å². The van der Waals surface area contributed by atoms with Crippen LogP contribution in [0.5, 0.6) is 0 Å². The quantitative estimate of drug-likeness (QED) is 0.877. The first-order valence-electron chi connectivity index (χ1n) is 8.13. The first kappa shape index (κ1) is 17.1. The number of aliphatic hydroxyl groups is 1. The lowest BCUT2D eigenvalue weighted by Gasteiger charge is -2.21. The normalized spacial score (nSPS) is 23.3. The zero-order chi connectivity index (χ0) is 17.3. The van der Waals surface area contributed by atoms with Crippen molar-refractivity contribution in [2.24, 2.45) is 0 Å². The van der Waals surface area contributed by atoms with E-state index in [-0.39, 0.29) is 10.9 Å². The molecule has 1 aliphatic rings. The van der Waals surface area contributed by atoms with Gasteiger partial charge in [-0.1, -0.05) is 0 Å². The minimum Gasteiger partial charge on any atom is -0.391 e. The smallest absolute Gasteiger partial charge is 0.246 e. The summed E-state index contributed by atoms with van der Waals surface area (Å²) in [5.74, 6) is 0. The van der Waals surface area contributed by atoms with Crippen LogP contribution in [0.15, 0.2) is 29.8 Å². The summed E-state index contributed by atoms with van der Waals surface area (Å²) in [4.78, 5) is 4.26. The Labute approximate surface area is 141 Å². The summed E-state index contributed by atoms with van der Waals surface area (Å²) < 4.78 is 30.9. The second-order valence-corrected chi connectivity index (χ2v) is 7.94. The molecule has 1 fully saturated rings. The number of hydrogen-bond acceptors (Lipinski definition) is 5. The molecule has 3 heterocycles. The maximum Gasteiger partial charge on any atom is 0.246 e. The molecule has 2 aromatic rings. The Morgan fingerprint density at radius 3 is 2.71 bits per heavy atom. The molecule has 9 heteroatoms. The van der Waals surface area contributed by atoms with E-state index in [0.29, 0.717) is 38.2 Å². The zero-order valence-corrected chi connectivity index (χ0v) is 14.7. The fourth-order valence-corrected chi connectivity index (χ4v) is 4.87. The SMILES string of the molecule is CCn1ncc(S(=O)(=O)N2CC[C@H](O)[C@@H](n3ccnc3)CC2)c1C. The van der Waals surface area contributed by atoms with E-state index >= 15 is 0 Å². The lowest BCUT2D eigenvalue weighted by molar-refractivity contribution is 0.108. The Hall–Kier alpha value is -1.71. The molecule has 1 saturated heterocycles. The van der Waals surface area contributed by atoms with Gasteiger partial charge in [-0.3, -0.25) is 4.68 Å². The van der Waals surface area contributed by atoms with Crippen LogP contribution < -0.4 is 0 Å². The number of aromatic nitrogens is 4. The second-order valence-electron chi connectivity index (χ2n) is 6.04. The molecule has 24 heavy (non-hydrogen) atoms. The van der Waals surface area contributed by atoms with Gasteiger partial charge in [0.2, 0.25) is 10.0 Å². The van der Waals surface area contributed by atoms with E-state index < -0.39 is 16.1 Å². The molecule has 8 nitrogen and oxygen atoms in total. The van der Waals surface area contributed by atoms with Crippen molar-refractivity contribution in [1.82, 2.24) is 23.6 Å². The van der Waals surface area contributed by atoms with Gasteiger partial charge in [0.15, 0.2) is 0 Å². The Bertz CT molecular complexity index is 784. The molecule has 0 unspecified atom stereocenters. The standard InChI is InChI=1S/C15H23N5O3S/c1-3-20-12(2)15(10-17-20)24(22,23)19-7-4-13(14(21)5-8-19)18-9-6-16-11-18/h6,9-11,13-14,21H,3-5,7-8H2,1-2H3/t13-,14-/m0/s1. The number of hydrogen-bond donors (Lipinski definition) is 1. The van der Waals surface area contributed by atoms with Crippen molar-refractivity contribution in [3.8, 4) is 0 Å². The number of rotatable bonds is 4. The minimum atomic E-state index is -3.61. The van der Waals surface area contributed by atoms with Crippen molar-refractivity contribution < 1.29 is 13.5 Å². The summed E-state index contributed by atoms with van der Waals surface area (Å²) in [7, 11) is -3.61. The fourth-order valence-electron chi connectivity index (χ4n) is 3.24. The van der Waals surface area contributed by atoms with E-state index in [1.807, 2.05) is 11.5 Å². The van der Waals surface area contributed by atoms with Crippen LogP contribution in [0.1, 0.15) is 31.5 Å². The lowest BCUT2D eigenvalue weighted by Crippen LogP contribution is -2.32. The largest absolute Gasteiger partial charge is 0.391 e. The van der Waals surface area contributed by atoms with E-state index in [1.165, 1.54) is 10.5 Å². The van der Waals surface area contributed by atoms with E-state index in [9.17, 15) is 13.5 Å². The van der Waals surface area contributed by atoms with Gasteiger partial charge in [-0.05, 0) is 26.7 Å². The maximum absolute atomic E-state index is 13.0. The Balaban J connectivity index is 1.83. The van der Waals surface area contributed by atoms with Crippen molar-refractivity contribution in [2.75, 3.05) is 13.1 Å². The van der Waals surface area contributed by atoms with Gasteiger partial charge in [0.05, 0.1) is 30.4 Å². The van der Waals surface area contributed by atoms with E-state index in [1.54, 1.807) is 30.3 Å². The molecule has 0 aliphatic carbocycles. The highest BCUT2D eigenvalue weighted by Crippen LogP contribution is 2.27. The monoisotopic (exact) mass is 353 g/mol. The lowest BCUT2D eigenvalue weighted by atomic mass is 10.1. The maximum atomic E-state index is 13.0. The second kappa shape index (κ2) is 6.66. The summed E-state index contributed by atoms with van der Waals surface area (Å²) in [5.41, 5.74) is 0.647. The van der Waals surface area contributed by atoms with Crippen LogP contribution in [-0.2, 0) is 16.6 Å². The summed E-state index contributed by atoms with van der Waals surface area (Å²) in [6.45, 7) is 4.98. The first-order valence-corrected chi connectivity index (χ1v) is 9.57. The van der Waals surface area contributed by atoms with Crippen molar-refractivity contribution in [3.63, 3.8) is 0 Å². The third-order valence-electron chi connectivity index (χ3n) is 4.68. The predicted molar refractivity (Wildman–Crippen MR) is 87.9 cm³/mol. The fraction of sp³-hybridized carbons (Fsp3) is 0.600. The number of aliphatic hydroxyl groups excluding tert-OH is 1. The van der Waals surface area contributed by atoms with Gasteiger partial charge >= 0.3 is 0 Å². The number of nitrogens with zero attached hydrogens (tertiary/aromatic N) is 5. The van der Waals surface area contributed by atoms with Crippen LogP contribution in [0.2, 0.25) is 0 Å². The summed E-state index contributed by atoms with van der Waals surface area (Å²) in [6, 6.07) is -0.160. The van der Waals surface area contributed by atoms with E-state index in [0.717, 1.165) is 0 Å². The molecular formula is C15H23N5O3S. The number of aryl methyl sites for hydroxylation is 1. The van der Waals surface area contributed by atoms with Crippen LogP contribution in [0.4, 0.5) is 0 Å². The van der Waals surface area contributed by atoms with Crippen LogP contribution in [0.25, 0.3) is 0 Å². The molecule has 0 saturated carbocycles. The topological polar surface area (TPSA) is 93.3 Å². The first-order chi connectivity index (χ1) is 11.4. The Morgan fingerprint density at radius 2 is 2.08 bits per heavy atom. The molecule has 0 bridgehead atoms. The van der Waals surface area contributed by atoms with E-state index in [4.69, 9.17) is 0 Å². The molecule has 1 aliphatic heterocycles. The van der Waals surface area contributed by atoms with Gasteiger partial charge in [0.1, 0.15) is 4.90 Å². The molecular weight excluding hydrogens is 330 g/mol. The molecule has 1 N–H and O–H groups in total. The molecule has 2 aromatic heterocycles.